The molecule has 0 N–H and O–H groups in total. The van der Waals surface area contributed by atoms with Crippen LogP contribution in [0.5, 0.6) is 0 Å². The van der Waals surface area contributed by atoms with Gasteiger partial charge < -0.3 is 4.84 Å². The van der Waals surface area contributed by atoms with Crippen LogP contribution in [-0.2, 0) is 33.6 Å². The van der Waals surface area contributed by atoms with E-state index in [9.17, 15) is 24.0 Å². The predicted octanol–water partition coefficient (Wildman–Crippen LogP) is -1.38. The molecule has 4 amide bonds. The third kappa shape index (κ3) is 2.47. The summed E-state index contributed by atoms with van der Waals surface area (Å²) in [4.78, 5) is 65.4. The molecular weight excluding hydrogens is 272 g/mol. The van der Waals surface area contributed by atoms with Gasteiger partial charge in [-0.05, 0) is 0 Å². The van der Waals surface area contributed by atoms with Crippen LogP contribution in [0.4, 0.5) is 0 Å². The molecule has 0 bridgehead atoms. The van der Waals surface area contributed by atoms with E-state index in [4.69, 9.17) is 4.84 Å². The van der Waals surface area contributed by atoms with Gasteiger partial charge in [0.05, 0.1) is 5.57 Å². The van der Waals surface area contributed by atoms with Crippen LogP contribution in [-0.4, -0.2) is 46.3 Å². The molecule has 9 nitrogen and oxygen atoms in total. The van der Waals surface area contributed by atoms with Crippen molar-refractivity contribution in [3.8, 4) is 0 Å². The SMILES string of the molecule is CC(=O)ON1C(=O)C=C(CON2C(=O)C=CC2=O)C1=O. The number of hydrogen-bond donors (Lipinski definition) is 0. The molecule has 104 valence electrons. The Kier molecular flexibility index (Phi) is 3.44. The lowest BCUT2D eigenvalue weighted by Gasteiger charge is -2.14. The first kappa shape index (κ1) is 13.6. The lowest BCUT2D eigenvalue weighted by atomic mass is 10.3. The van der Waals surface area contributed by atoms with E-state index in [2.05, 4.69) is 4.84 Å². The highest BCUT2D eigenvalue weighted by Crippen LogP contribution is 2.15. The molecule has 0 aliphatic carbocycles. The fourth-order valence-corrected chi connectivity index (χ4v) is 1.47. The van der Waals surface area contributed by atoms with E-state index in [1.165, 1.54) is 0 Å². The van der Waals surface area contributed by atoms with E-state index >= 15 is 0 Å². The van der Waals surface area contributed by atoms with Gasteiger partial charge in [0.1, 0.15) is 6.61 Å². The van der Waals surface area contributed by atoms with Crippen LogP contribution in [0.1, 0.15) is 6.92 Å². The second kappa shape index (κ2) is 5.05. The van der Waals surface area contributed by atoms with E-state index in [1.807, 2.05) is 0 Å². The molecule has 0 saturated heterocycles. The second-order valence-electron chi connectivity index (χ2n) is 3.77. The van der Waals surface area contributed by atoms with Gasteiger partial charge in [-0.2, -0.15) is 0 Å². The third-order valence-corrected chi connectivity index (χ3v) is 2.29. The molecule has 0 atom stereocenters. The first-order chi connectivity index (χ1) is 9.40. The van der Waals surface area contributed by atoms with E-state index in [0.717, 1.165) is 25.2 Å². The van der Waals surface area contributed by atoms with E-state index in [-0.39, 0.29) is 10.6 Å². The Labute approximate surface area is 111 Å². The average molecular weight is 280 g/mol. The third-order valence-electron chi connectivity index (χ3n) is 2.29. The molecule has 0 aromatic heterocycles. The Balaban J connectivity index is 1.98. The maximum atomic E-state index is 11.7. The molecule has 0 aromatic rings. The molecule has 2 rings (SSSR count). The lowest BCUT2D eigenvalue weighted by molar-refractivity contribution is -0.196. The summed E-state index contributed by atoms with van der Waals surface area (Å²) in [7, 11) is 0. The Morgan fingerprint density at radius 3 is 2.20 bits per heavy atom. The quantitative estimate of drug-likeness (QED) is 0.583. The van der Waals surface area contributed by atoms with Gasteiger partial charge in [0.25, 0.3) is 23.6 Å². The molecule has 2 heterocycles. The van der Waals surface area contributed by atoms with Crippen LogP contribution in [0, 0.1) is 0 Å². The Morgan fingerprint density at radius 2 is 1.65 bits per heavy atom. The summed E-state index contributed by atoms with van der Waals surface area (Å²) in [5, 5.41) is 0.722. The lowest BCUT2D eigenvalue weighted by Crippen LogP contribution is -2.35. The minimum absolute atomic E-state index is 0.149. The number of rotatable bonds is 4. The minimum Gasteiger partial charge on any atom is -0.330 e. The van der Waals surface area contributed by atoms with Crippen molar-refractivity contribution in [1.29, 1.82) is 0 Å². The van der Waals surface area contributed by atoms with Crippen LogP contribution in [0.3, 0.4) is 0 Å². The van der Waals surface area contributed by atoms with Gasteiger partial charge in [0.2, 0.25) is 0 Å². The molecule has 0 saturated carbocycles. The average Bonchev–Trinajstić information content (AvgIpc) is 2.82. The number of amides is 4. The van der Waals surface area contributed by atoms with Crippen molar-refractivity contribution in [2.75, 3.05) is 6.61 Å². The van der Waals surface area contributed by atoms with Crippen LogP contribution in [0.2, 0.25) is 0 Å². The van der Waals surface area contributed by atoms with E-state index < -0.39 is 36.2 Å². The number of carbonyl (C=O) groups is 5. The molecule has 0 spiro atoms. The number of hydrogen-bond acceptors (Lipinski definition) is 7. The van der Waals surface area contributed by atoms with Crippen LogP contribution in [0.25, 0.3) is 0 Å². The van der Waals surface area contributed by atoms with Crippen LogP contribution < -0.4 is 0 Å². The summed E-state index contributed by atoms with van der Waals surface area (Å²) in [6.45, 7) is 0.545. The van der Waals surface area contributed by atoms with Gasteiger partial charge in [-0.3, -0.25) is 24.0 Å². The predicted molar refractivity (Wildman–Crippen MR) is 58.6 cm³/mol. The number of carbonyl (C=O) groups excluding carboxylic acids is 5. The van der Waals surface area contributed by atoms with Crippen LogP contribution >= 0.6 is 0 Å². The second-order valence-corrected chi connectivity index (χ2v) is 3.77. The number of hydroxylamine groups is 4. The van der Waals surface area contributed by atoms with Crippen molar-refractivity contribution in [3.05, 3.63) is 23.8 Å². The minimum atomic E-state index is -0.891. The topological polar surface area (TPSA) is 110 Å². The molecule has 20 heavy (non-hydrogen) atoms. The summed E-state index contributed by atoms with van der Waals surface area (Å²) < 4.78 is 0. The highest BCUT2D eigenvalue weighted by Gasteiger charge is 2.35. The summed E-state index contributed by atoms with van der Waals surface area (Å²) >= 11 is 0. The van der Waals surface area contributed by atoms with Gasteiger partial charge in [-0.15, -0.1) is 5.06 Å². The first-order valence-electron chi connectivity index (χ1n) is 5.36. The van der Waals surface area contributed by atoms with Gasteiger partial charge in [0.15, 0.2) is 0 Å². The van der Waals surface area contributed by atoms with E-state index in [1.54, 1.807) is 0 Å². The molecular formula is C11H8N2O7. The standard InChI is InChI=1S/C11H8N2O7/c1-6(14)20-13-10(17)4-7(11(13)18)5-19-12-8(15)2-3-9(12)16/h2-4H,5H2,1H3. The maximum absolute atomic E-state index is 11.7. The van der Waals surface area contributed by atoms with Gasteiger partial charge in [-0.25, -0.2) is 4.79 Å². The summed E-state index contributed by atoms with van der Waals surface area (Å²) in [5.41, 5.74) is -0.149. The molecule has 0 aromatic carbocycles. The Hall–Kier alpha value is -2.81. The zero-order valence-electron chi connectivity index (χ0n) is 10.2. The van der Waals surface area contributed by atoms with Gasteiger partial charge >= 0.3 is 5.97 Å². The summed E-state index contributed by atoms with van der Waals surface area (Å²) in [6.07, 6.45) is 2.90. The first-order valence-corrected chi connectivity index (χ1v) is 5.36. The monoisotopic (exact) mass is 280 g/mol. The summed E-state index contributed by atoms with van der Waals surface area (Å²) in [5.74, 6) is -3.96. The fraction of sp³-hybridized carbons (Fsp3) is 0.182. The zero-order valence-corrected chi connectivity index (χ0v) is 10.2. The molecule has 2 aliphatic rings. The molecule has 9 heteroatoms. The molecule has 2 aliphatic heterocycles. The zero-order chi connectivity index (χ0) is 14.9. The highest BCUT2D eigenvalue weighted by molar-refractivity contribution is 6.16. The largest absolute Gasteiger partial charge is 0.330 e. The maximum Gasteiger partial charge on any atom is 0.330 e. The van der Waals surface area contributed by atoms with E-state index in [0.29, 0.717) is 5.06 Å². The van der Waals surface area contributed by atoms with Crippen molar-refractivity contribution in [1.82, 2.24) is 10.1 Å². The number of nitrogens with zero attached hydrogens (tertiary/aromatic N) is 2. The van der Waals surface area contributed by atoms with Crippen molar-refractivity contribution >= 4 is 29.6 Å². The fourth-order valence-electron chi connectivity index (χ4n) is 1.47. The normalized spacial score (nSPS) is 18.1. The van der Waals surface area contributed by atoms with Crippen molar-refractivity contribution < 1.29 is 33.6 Å². The molecule has 0 fully saturated rings. The summed E-state index contributed by atoms with van der Waals surface area (Å²) in [6, 6.07) is 0. The van der Waals surface area contributed by atoms with Crippen molar-refractivity contribution in [2.45, 2.75) is 6.92 Å². The highest BCUT2D eigenvalue weighted by atomic mass is 16.7. The van der Waals surface area contributed by atoms with Crippen molar-refractivity contribution in [2.24, 2.45) is 0 Å². The van der Waals surface area contributed by atoms with Gasteiger partial charge in [-0.1, -0.05) is 5.06 Å². The molecule has 0 unspecified atom stereocenters. The van der Waals surface area contributed by atoms with Crippen LogP contribution in [0.15, 0.2) is 23.8 Å². The Morgan fingerprint density at radius 1 is 1.05 bits per heavy atom. The number of imide groups is 2. The smallest absolute Gasteiger partial charge is 0.330 e. The van der Waals surface area contributed by atoms with Crippen molar-refractivity contribution in [3.63, 3.8) is 0 Å². The molecule has 0 radical (unpaired) electrons. The van der Waals surface area contributed by atoms with Gasteiger partial charge in [0, 0.05) is 25.2 Å². The Bertz CT molecular complexity index is 572.